The topological polar surface area (TPSA) is 129 Å². The maximum absolute atomic E-state index is 11.8. The number of ether oxygens (including phenoxy) is 1. The van der Waals surface area contributed by atoms with Crippen molar-refractivity contribution >= 4 is 34.1 Å². The number of anilines is 1. The first-order valence-corrected chi connectivity index (χ1v) is 8.68. The van der Waals surface area contributed by atoms with Crippen LogP contribution in [0.3, 0.4) is 0 Å². The first-order valence-electron chi connectivity index (χ1n) is 7.86. The summed E-state index contributed by atoms with van der Waals surface area (Å²) in [6.07, 6.45) is 0.665. The number of nitrogens with two attached hydrogens (primary N) is 1. The summed E-state index contributed by atoms with van der Waals surface area (Å²) in [5.41, 5.74) is 6.42. The zero-order valence-electron chi connectivity index (χ0n) is 14.3. The first kappa shape index (κ1) is 19.3. The van der Waals surface area contributed by atoms with Crippen molar-refractivity contribution in [2.24, 2.45) is 5.73 Å². The third-order valence-electron chi connectivity index (χ3n) is 3.39. The number of benzene rings is 1. The van der Waals surface area contributed by atoms with Crippen LogP contribution in [0, 0.1) is 5.41 Å². The number of nitrogens with one attached hydrogen (secondary N) is 4. The SMILES string of the molecule is COc1cccc(CCNC(=O)CNC(=O)Nc2ccc(C(=N)N)s2)c1. The molecule has 0 aliphatic rings. The van der Waals surface area contributed by atoms with E-state index < -0.39 is 6.03 Å². The van der Waals surface area contributed by atoms with Crippen molar-refractivity contribution in [3.63, 3.8) is 0 Å². The fourth-order valence-corrected chi connectivity index (χ4v) is 2.87. The maximum atomic E-state index is 11.8. The van der Waals surface area contributed by atoms with Gasteiger partial charge in [-0.2, -0.15) is 0 Å². The number of rotatable bonds is 8. The van der Waals surface area contributed by atoms with E-state index in [1.807, 2.05) is 24.3 Å². The summed E-state index contributed by atoms with van der Waals surface area (Å²) >= 11 is 1.19. The molecule has 0 unspecified atom stereocenters. The molecule has 0 saturated carbocycles. The predicted molar refractivity (Wildman–Crippen MR) is 102 cm³/mol. The molecular weight excluding hydrogens is 354 g/mol. The largest absolute Gasteiger partial charge is 0.497 e. The van der Waals surface area contributed by atoms with E-state index in [4.69, 9.17) is 15.9 Å². The monoisotopic (exact) mass is 375 g/mol. The lowest BCUT2D eigenvalue weighted by molar-refractivity contribution is -0.120. The van der Waals surface area contributed by atoms with E-state index in [0.29, 0.717) is 22.8 Å². The number of carbonyl (C=O) groups excluding carboxylic acids is 2. The quantitative estimate of drug-likeness (QED) is 0.354. The molecule has 8 nitrogen and oxygen atoms in total. The van der Waals surface area contributed by atoms with Crippen LogP contribution < -0.4 is 26.4 Å². The molecule has 0 spiro atoms. The van der Waals surface area contributed by atoms with Crippen LogP contribution in [0.25, 0.3) is 0 Å². The first-order chi connectivity index (χ1) is 12.5. The van der Waals surface area contributed by atoms with Gasteiger partial charge in [-0.15, -0.1) is 11.3 Å². The molecule has 3 amide bonds. The zero-order valence-corrected chi connectivity index (χ0v) is 15.1. The summed E-state index contributed by atoms with van der Waals surface area (Å²) in [6, 6.07) is 10.4. The van der Waals surface area contributed by atoms with Crippen LogP contribution in [0.1, 0.15) is 10.4 Å². The van der Waals surface area contributed by atoms with Crippen LogP contribution >= 0.6 is 11.3 Å². The van der Waals surface area contributed by atoms with Crippen molar-refractivity contribution in [1.82, 2.24) is 10.6 Å². The molecule has 1 heterocycles. The van der Waals surface area contributed by atoms with Gasteiger partial charge in [0.25, 0.3) is 0 Å². The third-order valence-corrected chi connectivity index (χ3v) is 4.42. The summed E-state index contributed by atoms with van der Waals surface area (Å²) in [7, 11) is 1.61. The Morgan fingerprint density at radius 3 is 2.73 bits per heavy atom. The zero-order chi connectivity index (χ0) is 18.9. The minimum Gasteiger partial charge on any atom is -0.497 e. The molecule has 1 aromatic heterocycles. The third kappa shape index (κ3) is 6.10. The molecule has 0 atom stereocenters. The lowest BCUT2D eigenvalue weighted by Gasteiger charge is -2.08. The summed E-state index contributed by atoms with van der Waals surface area (Å²) < 4.78 is 5.15. The Balaban J connectivity index is 1.67. The van der Waals surface area contributed by atoms with E-state index in [-0.39, 0.29) is 18.3 Å². The second-order valence-corrected chi connectivity index (χ2v) is 6.42. The van der Waals surface area contributed by atoms with Gasteiger partial charge in [0, 0.05) is 6.54 Å². The summed E-state index contributed by atoms with van der Waals surface area (Å²) in [5, 5.41) is 15.7. The van der Waals surface area contributed by atoms with Gasteiger partial charge in [0.2, 0.25) is 5.91 Å². The fourth-order valence-electron chi connectivity index (χ4n) is 2.10. The number of amidine groups is 1. The number of hydrogen-bond donors (Lipinski definition) is 5. The van der Waals surface area contributed by atoms with Crippen molar-refractivity contribution < 1.29 is 14.3 Å². The minimum atomic E-state index is -0.495. The van der Waals surface area contributed by atoms with Gasteiger partial charge in [-0.3, -0.25) is 15.5 Å². The molecule has 26 heavy (non-hydrogen) atoms. The number of hydrogen-bond acceptors (Lipinski definition) is 5. The van der Waals surface area contributed by atoms with Gasteiger partial charge < -0.3 is 21.1 Å². The van der Waals surface area contributed by atoms with Crippen molar-refractivity contribution in [2.75, 3.05) is 25.5 Å². The Morgan fingerprint density at radius 2 is 2.04 bits per heavy atom. The Hall–Kier alpha value is -3.07. The Bertz CT molecular complexity index is 790. The van der Waals surface area contributed by atoms with Gasteiger partial charge in [-0.25, -0.2) is 4.79 Å². The molecule has 0 saturated heterocycles. The summed E-state index contributed by atoms with van der Waals surface area (Å²) in [4.78, 5) is 24.1. The van der Waals surface area contributed by atoms with E-state index in [1.165, 1.54) is 11.3 Å². The van der Waals surface area contributed by atoms with Gasteiger partial charge in [0.05, 0.1) is 23.5 Å². The normalized spacial score (nSPS) is 10.0. The van der Waals surface area contributed by atoms with Gasteiger partial charge in [0.1, 0.15) is 11.6 Å². The molecule has 2 rings (SSSR count). The van der Waals surface area contributed by atoms with E-state index in [0.717, 1.165) is 11.3 Å². The van der Waals surface area contributed by atoms with E-state index in [2.05, 4.69) is 16.0 Å². The number of amides is 3. The van der Waals surface area contributed by atoms with E-state index in [9.17, 15) is 9.59 Å². The Labute approximate surface area is 155 Å². The average Bonchev–Trinajstić information content (AvgIpc) is 3.09. The van der Waals surface area contributed by atoms with Gasteiger partial charge in [-0.05, 0) is 36.2 Å². The second-order valence-electron chi connectivity index (χ2n) is 5.34. The minimum absolute atomic E-state index is 0.0566. The molecule has 0 radical (unpaired) electrons. The molecule has 0 aliphatic heterocycles. The molecule has 2 aromatic rings. The summed E-state index contributed by atoms with van der Waals surface area (Å²) in [6.45, 7) is 0.330. The number of methoxy groups -OCH3 is 1. The van der Waals surface area contributed by atoms with E-state index >= 15 is 0 Å². The molecule has 0 fully saturated rings. The van der Waals surface area contributed by atoms with Crippen LogP contribution in [-0.4, -0.2) is 38.0 Å². The van der Waals surface area contributed by atoms with Crippen LogP contribution in [0.4, 0.5) is 9.80 Å². The Morgan fingerprint density at radius 1 is 1.23 bits per heavy atom. The highest BCUT2D eigenvalue weighted by Crippen LogP contribution is 2.20. The molecule has 9 heteroatoms. The smallest absolute Gasteiger partial charge is 0.320 e. The molecule has 6 N–H and O–H groups in total. The molecule has 1 aromatic carbocycles. The highest BCUT2D eigenvalue weighted by Gasteiger charge is 2.08. The standard InChI is InChI=1S/C17H21N5O3S/c1-25-12-4-2-3-11(9-12)7-8-20-14(23)10-21-17(24)22-15-6-5-13(26-15)16(18)19/h2-6,9H,7-8,10H2,1H3,(H3,18,19)(H,20,23)(H2,21,22,24). The van der Waals surface area contributed by atoms with Crippen LogP contribution in [0.5, 0.6) is 5.75 Å². The van der Waals surface area contributed by atoms with Crippen LogP contribution in [0.15, 0.2) is 36.4 Å². The van der Waals surface area contributed by atoms with Gasteiger partial charge in [-0.1, -0.05) is 12.1 Å². The van der Waals surface area contributed by atoms with Crippen molar-refractivity contribution in [2.45, 2.75) is 6.42 Å². The van der Waals surface area contributed by atoms with E-state index in [1.54, 1.807) is 19.2 Å². The fraction of sp³-hybridized carbons (Fsp3) is 0.235. The number of nitrogen functional groups attached to an aromatic ring is 1. The highest BCUT2D eigenvalue weighted by molar-refractivity contribution is 7.18. The number of carbonyl (C=O) groups is 2. The maximum Gasteiger partial charge on any atom is 0.320 e. The molecule has 0 aliphatic carbocycles. The molecular formula is C17H21N5O3S. The highest BCUT2D eigenvalue weighted by atomic mass is 32.1. The predicted octanol–water partition coefficient (Wildman–Crippen LogP) is 1.52. The van der Waals surface area contributed by atoms with Crippen LogP contribution in [0.2, 0.25) is 0 Å². The van der Waals surface area contributed by atoms with Crippen molar-refractivity contribution in [3.05, 3.63) is 46.8 Å². The number of thiophene rings is 1. The van der Waals surface area contributed by atoms with Crippen molar-refractivity contribution in [3.8, 4) is 5.75 Å². The molecule has 0 bridgehead atoms. The number of urea groups is 1. The lowest BCUT2D eigenvalue weighted by Crippen LogP contribution is -2.39. The average molecular weight is 375 g/mol. The van der Waals surface area contributed by atoms with Crippen LogP contribution in [-0.2, 0) is 11.2 Å². The van der Waals surface area contributed by atoms with Gasteiger partial charge in [0.15, 0.2) is 0 Å². The van der Waals surface area contributed by atoms with Gasteiger partial charge >= 0.3 is 6.03 Å². The second kappa shape index (κ2) is 9.42. The lowest BCUT2D eigenvalue weighted by atomic mass is 10.1. The Kier molecular flexibility index (Phi) is 6.98. The summed E-state index contributed by atoms with van der Waals surface area (Å²) in [5.74, 6) is 0.436. The van der Waals surface area contributed by atoms with Crippen molar-refractivity contribution in [1.29, 1.82) is 5.41 Å². The molecule has 138 valence electrons.